The number of methoxy groups -OCH3 is 1. The van der Waals surface area contributed by atoms with Crippen LogP contribution in [0.25, 0.3) is 0 Å². The van der Waals surface area contributed by atoms with E-state index in [1.165, 1.54) is 7.11 Å². The van der Waals surface area contributed by atoms with E-state index in [2.05, 4.69) is 25.9 Å². The Morgan fingerprint density at radius 3 is 2.70 bits per heavy atom. The molecule has 1 saturated heterocycles. The van der Waals surface area contributed by atoms with Gasteiger partial charge in [-0.3, -0.25) is 4.79 Å². The Hall–Kier alpha value is -2.89. The second-order valence-electron chi connectivity index (χ2n) is 6.05. The lowest BCUT2D eigenvalue weighted by Gasteiger charge is -2.22. The number of benzene rings is 1. The fourth-order valence-corrected chi connectivity index (χ4v) is 2.95. The molecule has 1 fully saturated rings. The van der Waals surface area contributed by atoms with Crippen molar-refractivity contribution in [3.05, 3.63) is 35.1 Å². The van der Waals surface area contributed by atoms with Gasteiger partial charge in [-0.1, -0.05) is 11.6 Å². The molecule has 1 aliphatic rings. The highest BCUT2D eigenvalue weighted by molar-refractivity contribution is 6.30. The lowest BCUT2D eigenvalue weighted by Crippen LogP contribution is -2.37. The van der Waals surface area contributed by atoms with Crippen LogP contribution in [0, 0.1) is 17.2 Å². The second-order valence-corrected chi connectivity index (χ2v) is 6.49. The van der Waals surface area contributed by atoms with E-state index in [0.29, 0.717) is 17.3 Å². The number of aromatic nitrogens is 2. The number of nitriles is 1. The molecule has 3 N–H and O–H groups in total. The van der Waals surface area contributed by atoms with Gasteiger partial charge in [0, 0.05) is 17.3 Å². The summed E-state index contributed by atoms with van der Waals surface area (Å²) < 4.78 is 5.41. The Morgan fingerprint density at radius 2 is 2.07 bits per heavy atom. The van der Waals surface area contributed by atoms with Crippen molar-refractivity contribution in [2.24, 2.45) is 5.92 Å². The third-order valence-electron chi connectivity index (χ3n) is 4.19. The standard InChI is InChI=1S/C18H19ClN6O2/c1-27-15-16(22-13-6-4-12(19)5-7-13)23-14(9-20)24-17(15)25-18(26)11-3-2-8-21-10-11/h4-7,11,21H,2-3,8,10H2,1H3,(H2,22,23,24,25,26). The van der Waals surface area contributed by atoms with Gasteiger partial charge in [-0.15, -0.1) is 0 Å². The number of nitrogens with one attached hydrogen (secondary N) is 3. The van der Waals surface area contributed by atoms with Crippen molar-refractivity contribution in [2.75, 3.05) is 30.8 Å². The fourth-order valence-electron chi connectivity index (χ4n) is 2.83. The summed E-state index contributed by atoms with van der Waals surface area (Å²) >= 11 is 5.90. The van der Waals surface area contributed by atoms with Crippen molar-refractivity contribution in [3.8, 4) is 11.8 Å². The third-order valence-corrected chi connectivity index (χ3v) is 4.44. The first-order valence-electron chi connectivity index (χ1n) is 8.51. The smallest absolute Gasteiger partial charge is 0.236 e. The van der Waals surface area contributed by atoms with Crippen molar-refractivity contribution < 1.29 is 9.53 Å². The van der Waals surface area contributed by atoms with Crippen LogP contribution in [0.3, 0.4) is 0 Å². The number of nitrogens with zero attached hydrogens (tertiary/aromatic N) is 3. The summed E-state index contributed by atoms with van der Waals surface area (Å²) in [5, 5.41) is 18.9. The summed E-state index contributed by atoms with van der Waals surface area (Å²) in [5.74, 6) is 0.294. The Bertz CT molecular complexity index is 859. The van der Waals surface area contributed by atoms with Crippen LogP contribution in [-0.2, 0) is 4.79 Å². The first-order chi connectivity index (χ1) is 13.1. The third kappa shape index (κ3) is 4.64. The quantitative estimate of drug-likeness (QED) is 0.724. The fraction of sp³-hybridized carbons (Fsp3) is 0.333. The van der Waals surface area contributed by atoms with Gasteiger partial charge in [-0.05, 0) is 43.7 Å². The number of halogens is 1. The number of amides is 1. The number of ether oxygens (including phenoxy) is 1. The zero-order valence-corrected chi connectivity index (χ0v) is 15.5. The molecule has 1 unspecified atom stereocenters. The van der Waals surface area contributed by atoms with E-state index in [1.807, 2.05) is 6.07 Å². The van der Waals surface area contributed by atoms with Gasteiger partial charge in [-0.25, -0.2) is 0 Å². The number of anilines is 3. The van der Waals surface area contributed by atoms with Gasteiger partial charge in [-0.2, -0.15) is 15.2 Å². The minimum atomic E-state index is -0.166. The summed E-state index contributed by atoms with van der Waals surface area (Å²) in [5.41, 5.74) is 0.703. The van der Waals surface area contributed by atoms with Gasteiger partial charge in [0.05, 0.1) is 13.0 Å². The van der Waals surface area contributed by atoms with Crippen LogP contribution in [0.5, 0.6) is 5.75 Å². The van der Waals surface area contributed by atoms with Crippen LogP contribution in [0.2, 0.25) is 5.02 Å². The summed E-state index contributed by atoms with van der Waals surface area (Å²) in [6.07, 6.45) is 1.74. The minimum absolute atomic E-state index is 0.0793. The van der Waals surface area contributed by atoms with Crippen molar-refractivity contribution in [1.82, 2.24) is 15.3 Å². The van der Waals surface area contributed by atoms with Crippen LogP contribution in [0.1, 0.15) is 18.7 Å². The van der Waals surface area contributed by atoms with Crippen LogP contribution >= 0.6 is 11.6 Å². The predicted molar refractivity (Wildman–Crippen MR) is 102 cm³/mol. The molecule has 9 heteroatoms. The minimum Gasteiger partial charge on any atom is -0.490 e. The molecule has 0 radical (unpaired) electrons. The Morgan fingerprint density at radius 1 is 1.33 bits per heavy atom. The van der Waals surface area contributed by atoms with Crippen molar-refractivity contribution in [1.29, 1.82) is 5.26 Å². The number of piperidine rings is 1. The molecule has 8 nitrogen and oxygen atoms in total. The van der Waals surface area contributed by atoms with E-state index in [0.717, 1.165) is 19.4 Å². The van der Waals surface area contributed by atoms with Gasteiger partial charge in [0.2, 0.25) is 17.5 Å². The number of hydrogen-bond donors (Lipinski definition) is 3. The average molecular weight is 387 g/mol. The van der Waals surface area contributed by atoms with E-state index in [1.54, 1.807) is 24.3 Å². The van der Waals surface area contributed by atoms with Crippen LogP contribution < -0.4 is 20.7 Å². The van der Waals surface area contributed by atoms with Gasteiger partial charge in [0.1, 0.15) is 6.07 Å². The molecule has 0 bridgehead atoms. The Kier molecular flexibility index (Phi) is 6.06. The molecule has 1 aromatic carbocycles. The number of carbonyl (C=O) groups excluding carboxylic acids is 1. The zero-order valence-electron chi connectivity index (χ0n) is 14.8. The molecule has 1 atom stereocenters. The molecule has 2 aromatic rings. The average Bonchev–Trinajstić information content (AvgIpc) is 2.70. The highest BCUT2D eigenvalue weighted by Gasteiger charge is 2.24. The molecule has 0 spiro atoms. The second kappa shape index (κ2) is 8.66. The lowest BCUT2D eigenvalue weighted by atomic mass is 9.99. The molecule has 0 aliphatic carbocycles. The van der Waals surface area contributed by atoms with Crippen LogP contribution in [-0.4, -0.2) is 36.1 Å². The lowest BCUT2D eigenvalue weighted by molar-refractivity contribution is -0.120. The topological polar surface area (TPSA) is 112 Å². The molecule has 0 saturated carbocycles. The van der Waals surface area contributed by atoms with Gasteiger partial charge in [0.15, 0.2) is 11.6 Å². The Labute approximate surface area is 161 Å². The normalized spacial score (nSPS) is 16.3. The highest BCUT2D eigenvalue weighted by atomic mass is 35.5. The molecule has 3 rings (SSSR count). The van der Waals surface area contributed by atoms with E-state index < -0.39 is 0 Å². The van der Waals surface area contributed by atoms with E-state index in [-0.39, 0.29) is 35.0 Å². The predicted octanol–water partition coefficient (Wildman–Crippen LogP) is 2.69. The molecule has 140 valence electrons. The molecule has 2 heterocycles. The summed E-state index contributed by atoms with van der Waals surface area (Å²) in [7, 11) is 1.45. The van der Waals surface area contributed by atoms with E-state index in [9.17, 15) is 10.1 Å². The SMILES string of the molecule is COc1c(NC(=O)C2CCCNC2)nc(C#N)nc1Nc1ccc(Cl)cc1. The van der Waals surface area contributed by atoms with Gasteiger partial charge >= 0.3 is 0 Å². The molecular formula is C18H19ClN6O2. The van der Waals surface area contributed by atoms with E-state index in [4.69, 9.17) is 16.3 Å². The molecule has 1 aromatic heterocycles. The van der Waals surface area contributed by atoms with Crippen molar-refractivity contribution in [3.63, 3.8) is 0 Å². The summed E-state index contributed by atoms with van der Waals surface area (Å²) in [6, 6.07) is 8.88. The largest absolute Gasteiger partial charge is 0.490 e. The van der Waals surface area contributed by atoms with Crippen molar-refractivity contribution >= 4 is 34.8 Å². The first-order valence-corrected chi connectivity index (χ1v) is 8.89. The van der Waals surface area contributed by atoms with Crippen molar-refractivity contribution in [2.45, 2.75) is 12.8 Å². The molecule has 27 heavy (non-hydrogen) atoms. The van der Waals surface area contributed by atoms with Gasteiger partial charge < -0.3 is 20.7 Å². The Balaban J connectivity index is 1.89. The maximum absolute atomic E-state index is 12.6. The van der Waals surface area contributed by atoms with E-state index >= 15 is 0 Å². The maximum atomic E-state index is 12.6. The maximum Gasteiger partial charge on any atom is 0.236 e. The number of carbonyl (C=O) groups is 1. The molecule has 1 amide bonds. The molecular weight excluding hydrogens is 368 g/mol. The monoisotopic (exact) mass is 386 g/mol. The first kappa shape index (κ1) is 18.9. The summed E-state index contributed by atoms with van der Waals surface area (Å²) in [6.45, 7) is 1.52. The zero-order chi connectivity index (χ0) is 19.2. The van der Waals surface area contributed by atoms with Crippen LogP contribution in [0.4, 0.5) is 17.3 Å². The number of hydrogen-bond acceptors (Lipinski definition) is 7. The van der Waals surface area contributed by atoms with Crippen LogP contribution in [0.15, 0.2) is 24.3 Å². The van der Waals surface area contributed by atoms with Gasteiger partial charge in [0.25, 0.3) is 0 Å². The summed E-state index contributed by atoms with van der Waals surface area (Å²) in [4.78, 5) is 20.8. The highest BCUT2D eigenvalue weighted by Crippen LogP contribution is 2.33. The molecule has 1 aliphatic heterocycles. The number of rotatable bonds is 5.